The van der Waals surface area contributed by atoms with Gasteiger partial charge in [-0.05, 0) is 65.2 Å². The molecule has 4 atom stereocenters. The van der Waals surface area contributed by atoms with E-state index in [1.54, 1.807) is 0 Å². The average Bonchev–Trinajstić information content (AvgIpc) is 2.17. The van der Waals surface area contributed by atoms with Crippen LogP contribution in [0.3, 0.4) is 0 Å². The van der Waals surface area contributed by atoms with Gasteiger partial charge in [0.2, 0.25) is 0 Å². The zero-order valence-corrected chi connectivity index (χ0v) is 11.5. The first-order valence-electron chi connectivity index (χ1n) is 6.71. The fourth-order valence-electron chi connectivity index (χ4n) is 3.46. The highest BCUT2D eigenvalue weighted by Gasteiger charge is 2.53. The molecule has 0 unspecified atom stereocenters. The lowest BCUT2D eigenvalue weighted by Crippen LogP contribution is -2.54. The van der Waals surface area contributed by atoms with Crippen LogP contribution < -0.4 is 5.73 Å². The Balaban J connectivity index is 2.12. The number of fused-ring (bicyclic) bond motifs is 3. The number of esters is 1. The average molecular weight is 239 g/mol. The van der Waals surface area contributed by atoms with E-state index in [1.807, 2.05) is 20.8 Å². The zero-order chi connectivity index (χ0) is 12.8. The van der Waals surface area contributed by atoms with Crippen molar-refractivity contribution < 1.29 is 9.53 Å². The van der Waals surface area contributed by atoms with Gasteiger partial charge in [0.15, 0.2) is 0 Å². The van der Waals surface area contributed by atoms with Crippen molar-refractivity contribution in [3.63, 3.8) is 0 Å². The van der Waals surface area contributed by atoms with Gasteiger partial charge in [-0.1, -0.05) is 0 Å². The highest BCUT2D eigenvalue weighted by molar-refractivity contribution is 5.77. The van der Waals surface area contributed by atoms with Crippen LogP contribution in [0.4, 0.5) is 0 Å². The summed E-state index contributed by atoms with van der Waals surface area (Å²) in [6, 6.07) is 0.296. The second kappa shape index (κ2) is 3.98. The number of carbonyl (C=O) groups is 1. The SMILES string of the molecule is CC(C)(C)OC(=O)[C@@]1(C)C[C@@H]2CC[C@H]1C[C@@H]2N. The van der Waals surface area contributed by atoms with E-state index in [4.69, 9.17) is 10.5 Å². The molecule has 0 spiro atoms. The van der Waals surface area contributed by atoms with Crippen molar-refractivity contribution in [1.82, 2.24) is 0 Å². The van der Waals surface area contributed by atoms with E-state index in [2.05, 4.69) is 6.92 Å². The summed E-state index contributed by atoms with van der Waals surface area (Å²) in [5.41, 5.74) is 5.43. The molecule has 3 aliphatic carbocycles. The Bertz CT molecular complexity index is 321. The molecule has 0 aliphatic heterocycles. The van der Waals surface area contributed by atoms with Gasteiger partial charge in [0.05, 0.1) is 5.41 Å². The fourth-order valence-corrected chi connectivity index (χ4v) is 3.46. The lowest BCUT2D eigenvalue weighted by Gasteiger charge is -2.51. The molecule has 0 amide bonds. The molecule has 17 heavy (non-hydrogen) atoms. The minimum Gasteiger partial charge on any atom is -0.460 e. The molecule has 2 bridgehead atoms. The minimum atomic E-state index is -0.390. The first kappa shape index (κ1) is 12.9. The third-order valence-electron chi connectivity index (χ3n) is 4.50. The van der Waals surface area contributed by atoms with E-state index in [1.165, 1.54) is 6.42 Å². The van der Waals surface area contributed by atoms with E-state index < -0.39 is 0 Å². The second-order valence-electron chi connectivity index (χ2n) is 7.06. The van der Waals surface area contributed by atoms with Crippen LogP contribution in [-0.2, 0) is 9.53 Å². The highest BCUT2D eigenvalue weighted by Crippen LogP contribution is 2.52. The third-order valence-corrected chi connectivity index (χ3v) is 4.50. The maximum Gasteiger partial charge on any atom is 0.312 e. The molecule has 3 rings (SSSR count). The maximum atomic E-state index is 12.4. The Kier molecular flexibility index (Phi) is 3.01. The lowest BCUT2D eigenvalue weighted by atomic mass is 9.55. The van der Waals surface area contributed by atoms with Gasteiger partial charge in [0.1, 0.15) is 5.60 Å². The van der Waals surface area contributed by atoms with Crippen molar-refractivity contribution in [2.75, 3.05) is 0 Å². The van der Waals surface area contributed by atoms with Gasteiger partial charge in [0.25, 0.3) is 0 Å². The predicted octanol–water partition coefficient (Wildman–Crippen LogP) is 2.48. The molecule has 3 heteroatoms. The zero-order valence-electron chi connectivity index (χ0n) is 11.5. The van der Waals surface area contributed by atoms with Gasteiger partial charge in [-0.3, -0.25) is 4.79 Å². The van der Waals surface area contributed by atoms with Crippen LogP contribution in [-0.4, -0.2) is 17.6 Å². The second-order valence-corrected chi connectivity index (χ2v) is 7.06. The van der Waals surface area contributed by atoms with E-state index in [-0.39, 0.29) is 17.0 Å². The molecule has 0 saturated heterocycles. The molecule has 0 heterocycles. The molecule has 3 fully saturated rings. The Morgan fingerprint density at radius 1 is 1.35 bits per heavy atom. The van der Waals surface area contributed by atoms with Crippen LogP contribution in [0.5, 0.6) is 0 Å². The Morgan fingerprint density at radius 3 is 2.41 bits per heavy atom. The quantitative estimate of drug-likeness (QED) is 0.715. The molecule has 2 N–H and O–H groups in total. The molecule has 0 aromatic rings. The van der Waals surface area contributed by atoms with E-state index >= 15 is 0 Å². The Morgan fingerprint density at radius 2 is 2.00 bits per heavy atom. The summed E-state index contributed by atoms with van der Waals surface area (Å²) in [6.45, 7) is 7.87. The smallest absolute Gasteiger partial charge is 0.312 e. The molecule has 0 radical (unpaired) electrons. The summed E-state index contributed by atoms with van der Waals surface area (Å²) < 4.78 is 5.59. The van der Waals surface area contributed by atoms with E-state index in [0.29, 0.717) is 17.9 Å². The highest BCUT2D eigenvalue weighted by atomic mass is 16.6. The summed E-state index contributed by atoms with van der Waals surface area (Å²) in [6.07, 6.45) is 4.21. The van der Waals surface area contributed by atoms with Crippen LogP contribution in [0.2, 0.25) is 0 Å². The van der Waals surface area contributed by atoms with Crippen LogP contribution in [0.15, 0.2) is 0 Å². The first-order chi connectivity index (χ1) is 7.72. The number of carbonyl (C=O) groups excluding carboxylic acids is 1. The Labute approximate surface area is 104 Å². The van der Waals surface area contributed by atoms with Crippen molar-refractivity contribution in [2.45, 2.75) is 65.0 Å². The van der Waals surface area contributed by atoms with Crippen LogP contribution in [0.1, 0.15) is 53.4 Å². The summed E-state index contributed by atoms with van der Waals surface area (Å²) in [4.78, 5) is 12.4. The van der Waals surface area contributed by atoms with Crippen LogP contribution in [0, 0.1) is 17.3 Å². The van der Waals surface area contributed by atoms with Gasteiger partial charge >= 0.3 is 5.97 Å². The number of hydrogen-bond donors (Lipinski definition) is 1. The van der Waals surface area contributed by atoms with Crippen molar-refractivity contribution in [2.24, 2.45) is 23.0 Å². The topological polar surface area (TPSA) is 52.3 Å². The van der Waals surface area contributed by atoms with Gasteiger partial charge in [0, 0.05) is 6.04 Å². The van der Waals surface area contributed by atoms with Crippen molar-refractivity contribution in [3.8, 4) is 0 Å². The van der Waals surface area contributed by atoms with Crippen LogP contribution >= 0.6 is 0 Å². The Hall–Kier alpha value is -0.570. The van der Waals surface area contributed by atoms with Gasteiger partial charge < -0.3 is 10.5 Å². The number of nitrogens with two attached hydrogens (primary N) is 1. The number of ether oxygens (including phenoxy) is 1. The number of rotatable bonds is 1. The van der Waals surface area contributed by atoms with Crippen LogP contribution in [0.25, 0.3) is 0 Å². The molecule has 3 aliphatic rings. The molecular formula is C14H25NO2. The predicted molar refractivity (Wildman–Crippen MR) is 67.4 cm³/mol. The summed E-state index contributed by atoms with van der Waals surface area (Å²) in [5, 5.41) is 0. The third kappa shape index (κ3) is 2.35. The number of hydrogen-bond acceptors (Lipinski definition) is 3. The molecule has 0 aromatic heterocycles. The summed E-state index contributed by atoms with van der Waals surface area (Å²) in [5.74, 6) is 0.904. The summed E-state index contributed by atoms with van der Waals surface area (Å²) in [7, 11) is 0. The van der Waals surface area contributed by atoms with Gasteiger partial charge in [-0.15, -0.1) is 0 Å². The largest absolute Gasteiger partial charge is 0.460 e. The van der Waals surface area contributed by atoms with E-state index in [9.17, 15) is 4.79 Å². The molecule has 3 nitrogen and oxygen atoms in total. The first-order valence-corrected chi connectivity index (χ1v) is 6.71. The van der Waals surface area contributed by atoms with Crippen molar-refractivity contribution in [3.05, 3.63) is 0 Å². The molecule has 3 saturated carbocycles. The van der Waals surface area contributed by atoms with E-state index in [0.717, 1.165) is 19.3 Å². The normalized spacial score (nSPS) is 41.4. The lowest BCUT2D eigenvalue weighted by molar-refractivity contribution is -0.177. The van der Waals surface area contributed by atoms with Crippen molar-refractivity contribution >= 4 is 5.97 Å². The standard InChI is InChI=1S/C14H25NO2/c1-13(2,3)17-12(16)14(4)8-9-5-6-10(14)7-11(9)15/h9-11H,5-8,15H2,1-4H3/t9-,10-,11-,14-/m0/s1. The molecule has 0 aromatic carbocycles. The fraction of sp³-hybridized carbons (Fsp3) is 0.929. The summed E-state index contributed by atoms with van der Waals surface area (Å²) >= 11 is 0. The van der Waals surface area contributed by atoms with Crippen molar-refractivity contribution in [1.29, 1.82) is 0 Å². The molecule has 98 valence electrons. The van der Waals surface area contributed by atoms with Gasteiger partial charge in [-0.25, -0.2) is 0 Å². The monoisotopic (exact) mass is 239 g/mol. The molecular weight excluding hydrogens is 214 g/mol. The maximum absolute atomic E-state index is 12.4. The van der Waals surface area contributed by atoms with Gasteiger partial charge in [-0.2, -0.15) is 0 Å². The minimum absolute atomic E-state index is 0.0217.